The number of hydrogen-bond acceptors (Lipinski definition) is 4. The number of fused-ring (bicyclic) bond motifs is 2. The van der Waals surface area contributed by atoms with E-state index in [1.807, 2.05) is 49.9 Å². The molecule has 2 aliphatic rings. The highest BCUT2D eigenvalue weighted by Crippen LogP contribution is 2.39. The van der Waals surface area contributed by atoms with Gasteiger partial charge in [-0.25, -0.2) is 0 Å². The molecule has 1 N–H and O–H groups in total. The molecule has 4 rings (SSSR count). The molecular weight excluding hydrogens is 392 g/mol. The summed E-state index contributed by atoms with van der Waals surface area (Å²) in [5, 5.41) is 2.96. The van der Waals surface area contributed by atoms with E-state index in [9.17, 15) is 9.59 Å². The molecule has 2 amide bonds. The lowest BCUT2D eigenvalue weighted by molar-refractivity contribution is -0.137. The molecule has 0 bridgehead atoms. The molecule has 2 heterocycles. The third-order valence-corrected chi connectivity index (χ3v) is 6.09. The van der Waals surface area contributed by atoms with Crippen molar-refractivity contribution in [3.8, 4) is 11.5 Å². The molecule has 0 spiro atoms. The van der Waals surface area contributed by atoms with Gasteiger partial charge >= 0.3 is 0 Å². The topological polar surface area (TPSA) is 67.9 Å². The highest BCUT2D eigenvalue weighted by molar-refractivity contribution is 5.97. The van der Waals surface area contributed by atoms with Gasteiger partial charge in [-0.3, -0.25) is 9.59 Å². The zero-order valence-electron chi connectivity index (χ0n) is 18.4. The van der Waals surface area contributed by atoms with E-state index in [4.69, 9.17) is 9.47 Å². The first-order valence-corrected chi connectivity index (χ1v) is 11.0. The smallest absolute Gasteiger partial charge is 0.251 e. The molecule has 2 atom stereocenters. The lowest BCUT2D eigenvalue weighted by Gasteiger charge is -2.38. The largest absolute Gasteiger partial charge is 0.490 e. The van der Waals surface area contributed by atoms with Crippen molar-refractivity contribution in [3.05, 3.63) is 59.2 Å². The van der Waals surface area contributed by atoms with Crippen molar-refractivity contribution in [2.45, 2.75) is 45.7 Å². The molecule has 0 aromatic heterocycles. The number of ether oxygens (including phenoxy) is 2. The molecule has 0 aliphatic carbocycles. The lowest BCUT2D eigenvalue weighted by atomic mass is 9.91. The van der Waals surface area contributed by atoms with Crippen LogP contribution in [0.4, 0.5) is 0 Å². The number of amides is 2. The van der Waals surface area contributed by atoms with Crippen LogP contribution in [-0.4, -0.2) is 42.5 Å². The zero-order valence-corrected chi connectivity index (χ0v) is 18.4. The van der Waals surface area contributed by atoms with Crippen molar-refractivity contribution in [3.63, 3.8) is 0 Å². The summed E-state index contributed by atoms with van der Waals surface area (Å²) in [6.07, 6.45) is 1.61. The summed E-state index contributed by atoms with van der Waals surface area (Å²) < 4.78 is 11.7. The average molecular weight is 423 g/mol. The molecule has 164 valence electrons. The molecular formula is C25H30N2O4. The molecule has 2 aromatic rings. The summed E-state index contributed by atoms with van der Waals surface area (Å²) in [5.74, 6) is 1.23. The third kappa shape index (κ3) is 4.38. The minimum Gasteiger partial charge on any atom is -0.490 e. The summed E-state index contributed by atoms with van der Waals surface area (Å²) in [6, 6.07) is 12.4. The van der Waals surface area contributed by atoms with Gasteiger partial charge in [-0.1, -0.05) is 32.0 Å². The summed E-state index contributed by atoms with van der Waals surface area (Å²) in [4.78, 5) is 28.1. The van der Waals surface area contributed by atoms with E-state index in [2.05, 4.69) is 11.4 Å². The van der Waals surface area contributed by atoms with Gasteiger partial charge in [0.15, 0.2) is 11.5 Å². The van der Waals surface area contributed by atoms with Crippen LogP contribution in [0.1, 0.15) is 54.7 Å². The average Bonchev–Trinajstić information content (AvgIpc) is 3.01. The van der Waals surface area contributed by atoms with Gasteiger partial charge in [0.1, 0.15) is 6.04 Å². The second kappa shape index (κ2) is 9.00. The Morgan fingerprint density at radius 3 is 2.42 bits per heavy atom. The predicted molar refractivity (Wildman–Crippen MR) is 118 cm³/mol. The standard InChI is InChI=1S/C25H30N2O4/c1-16(2)23(26-24(28)18-8-5-4-6-9-18)25(29)27-11-10-19-14-21-22(15-20(19)17(27)3)31-13-7-12-30-21/h4-6,8-9,14-17,23H,7,10-13H2,1-3H3,(H,26,28)/t17-,23+/m1/s1. The van der Waals surface area contributed by atoms with Gasteiger partial charge in [0, 0.05) is 18.5 Å². The van der Waals surface area contributed by atoms with Crippen molar-refractivity contribution >= 4 is 11.8 Å². The fourth-order valence-corrected chi connectivity index (χ4v) is 4.28. The summed E-state index contributed by atoms with van der Waals surface area (Å²) in [7, 11) is 0. The van der Waals surface area contributed by atoms with E-state index in [0.29, 0.717) is 25.3 Å². The molecule has 6 heteroatoms. The van der Waals surface area contributed by atoms with Crippen molar-refractivity contribution in [1.82, 2.24) is 10.2 Å². The monoisotopic (exact) mass is 422 g/mol. The maximum Gasteiger partial charge on any atom is 0.251 e. The van der Waals surface area contributed by atoms with Crippen LogP contribution in [0.15, 0.2) is 42.5 Å². The Balaban J connectivity index is 1.55. The van der Waals surface area contributed by atoms with Crippen LogP contribution in [0.2, 0.25) is 0 Å². The molecule has 2 aromatic carbocycles. The van der Waals surface area contributed by atoms with E-state index in [1.165, 1.54) is 5.56 Å². The normalized spacial score (nSPS) is 18.7. The van der Waals surface area contributed by atoms with Gasteiger partial charge in [-0.05, 0) is 54.7 Å². The van der Waals surface area contributed by atoms with E-state index >= 15 is 0 Å². The molecule has 0 saturated heterocycles. The van der Waals surface area contributed by atoms with E-state index in [0.717, 1.165) is 29.9 Å². The Hall–Kier alpha value is -3.02. The van der Waals surface area contributed by atoms with E-state index in [1.54, 1.807) is 12.1 Å². The van der Waals surface area contributed by atoms with Crippen molar-refractivity contribution in [2.24, 2.45) is 5.92 Å². The van der Waals surface area contributed by atoms with Crippen LogP contribution >= 0.6 is 0 Å². The molecule has 6 nitrogen and oxygen atoms in total. The Bertz CT molecular complexity index is 957. The van der Waals surface area contributed by atoms with Gasteiger partial charge in [0.05, 0.1) is 19.3 Å². The SMILES string of the molecule is CC(C)[C@H](NC(=O)c1ccccc1)C(=O)N1CCc2cc3c(cc2[C@H]1C)OCCCO3. The number of carbonyl (C=O) groups is 2. The Morgan fingerprint density at radius 1 is 1.06 bits per heavy atom. The maximum atomic E-state index is 13.5. The summed E-state index contributed by atoms with van der Waals surface area (Å²) in [6.45, 7) is 7.85. The minimum absolute atomic E-state index is 0.0301. The first-order valence-electron chi connectivity index (χ1n) is 11.0. The van der Waals surface area contributed by atoms with Crippen LogP contribution in [-0.2, 0) is 11.2 Å². The summed E-state index contributed by atoms with van der Waals surface area (Å²) >= 11 is 0. The van der Waals surface area contributed by atoms with Crippen LogP contribution < -0.4 is 14.8 Å². The molecule has 31 heavy (non-hydrogen) atoms. The molecule has 0 radical (unpaired) electrons. The highest BCUT2D eigenvalue weighted by Gasteiger charge is 2.35. The fourth-order valence-electron chi connectivity index (χ4n) is 4.28. The number of nitrogens with zero attached hydrogens (tertiary/aromatic N) is 1. The Morgan fingerprint density at radius 2 is 1.74 bits per heavy atom. The van der Waals surface area contributed by atoms with Crippen molar-refractivity contribution < 1.29 is 19.1 Å². The molecule has 0 saturated carbocycles. The second-order valence-corrected chi connectivity index (χ2v) is 8.57. The second-order valence-electron chi connectivity index (χ2n) is 8.57. The third-order valence-electron chi connectivity index (χ3n) is 6.09. The Kier molecular flexibility index (Phi) is 6.16. The van der Waals surface area contributed by atoms with Crippen molar-refractivity contribution in [2.75, 3.05) is 19.8 Å². The Labute approximate surface area is 183 Å². The van der Waals surface area contributed by atoms with E-state index < -0.39 is 6.04 Å². The van der Waals surface area contributed by atoms with E-state index in [-0.39, 0.29) is 23.8 Å². The van der Waals surface area contributed by atoms with Crippen LogP contribution in [0, 0.1) is 5.92 Å². The summed E-state index contributed by atoms with van der Waals surface area (Å²) in [5.41, 5.74) is 2.83. The van der Waals surface area contributed by atoms with Gasteiger partial charge in [0.25, 0.3) is 5.91 Å². The predicted octanol–water partition coefficient (Wildman–Crippen LogP) is 3.75. The molecule has 0 unspecified atom stereocenters. The molecule has 0 fully saturated rings. The van der Waals surface area contributed by atoms with Crippen LogP contribution in [0.3, 0.4) is 0 Å². The van der Waals surface area contributed by atoms with Crippen LogP contribution in [0.5, 0.6) is 11.5 Å². The quantitative estimate of drug-likeness (QED) is 0.815. The van der Waals surface area contributed by atoms with Gasteiger partial charge in [-0.15, -0.1) is 0 Å². The first-order chi connectivity index (χ1) is 15.0. The van der Waals surface area contributed by atoms with Gasteiger partial charge in [-0.2, -0.15) is 0 Å². The van der Waals surface area contributed by atoms with Crippen LogP contribution in [0.25, 0.3) is 0 Å². The fraction of sp³-hybridized carbons (Fsp3) is 0.440. The lowest BCUT2D eigenvalue weighted by Crippen LogP contribution is -2.53. The number of rotatable bonds is 4. The zero-order chi connectivity index (χ0) is 22.0. The number of nitrogens with one attached hydrogen (secondary N) is 1. The highest BCUT2D eigenvalue weighted by atomic mass is 16.5. The number of hydrogen-bond donors (Lipinski definition) is 1. The van der Waals surface area contributed by atoms with Gasteiger partial charge in [0.2, 0.25) is 5.91 Å². The van der Waals surface area contributed by atoms with Crippen molar-refractivity contribution in [1.29, 1.82) is 0 Å². The molecule has 2 aliphatic heterocycles. The minimum atomic E-state index is -0.586. The number of benzene rings is 2. The number of carbonyl (C=O) groups excluding carboxylic acids is 2. The first kappa shape index (κ1) is 21.2. The maximum absolute atomic E-state index is 13.5. The van der Waals surface area contributed by atoms with Gasteiger partial charge < -0.3 is 19.7 Å².